The summed E-state index contributed by atoms with van der Waals surface area (Å²) in [5.41, 5.74) is -0.707. The Hall–Kier alpha value is -2.41. The van der Waals surface area contributed by atoms with Crippen LogP contribution >= 0.6 is 0 Å². The van der Waals surface area contributed by atoms with E-state index >= 15 is 0 Å². The second-order valence-corrected chi connectivity index (χ2v) is 7.18. The number of carbonyl (C=O) groups is 2. The van der Waals surface area contributed by atoms with Crippen molar-refractivity contribution in [3.05, 3.63) is 47.5 Å². The third-order valence-electron chi connectivity index (χ3n) is 5.71. The molecule has 3 rings (SSSR count). The molecule has 1 saturated heterocycles. The lowest BCUT2D eigenvalue weighted by atomic mass is 9.52. The van der Waals surface area contributed by atoms with Gasteiger partial charge in [0.1, 0.15) is 6.07 Å². The second-order valence-electron chi connectivity index (χ2n) is 7.18. The van der Waals surface area contributed by atoms with Gasteiger partial charge < -0.3 is 4.90 Å². The zero-order valence-corrected chi connectivity index (χ0v) is 14.4. The van der Waals surface area contributed by atoms with Crippen molar-refractivity contribution in [2.75, 3.05) is 13.1 Å². The molecule has 0 bridgehead atoms. The fourth-order valence-electron chi connectivity index (χ4n) is 4.42. The van der Waals surface area contributed by atoms with Gasteiger partial charge >= 0.3 is 0 Å². The van der Waals surface area contributed by atoms with Crippen LogP contribution in [0.15, 0.2) is 42.0 Å². The van der Waals surface area contributed by atoms with Gasteiger partial charge in [-0.3, -0.25) is 9.59 Å². The highest BCUT2D eigenvalue weighted by atomic mass is 16.2. The molecule has 24 heavy (non-hydrogen) atoms. The monoisotopic (exact) mass is 322 g/mol. The van der Waals surface area contributed by atoms with E-state index < -0.39 is 10.8 Å². The van der Waals surface area contributed by atoms with Crippen LogP contribution in [0.5, 0.6) is 0 Å². The number of carbonyl (C=O) groups excluding carboxylic acids is 2. The van der Waals surface area contributed by atoms with E-state index in [4.69, 9.17) is 0 Å². The zero-order chi connectivity index (χ0) is 17.5. The summed E-state index contributed by atoms with van der Waals surface area (Å²) in [6, 6.07) is 11.6. The molecule has 2 aliphatic rings. The summed E-state index contributed by atoms with van der Waals surface area (Å²) in [6.45, 7) is 6.99. The number of piperidine rings is 1. The number of allylic oxidation sites excluding steroid dienone is 1. The number of likely N-dealkylation sites (tertiary alicyclic amines) is 1. The Morgan fingerprint density at radius 3 is 2.50 bits per heavy atom. The minimum absolute atomic E-state index is 0.000718. The van der Waals surface area contributed by atoms with E-state index in [-0.39, 0.29) is 23.2 Å². The first-order chi connectivity index (χ1) is 11.4. The number of ketones is 1. The largest absolute Gasteiger partial charge is 0.342 e. The van der Waals surface area contributed by atoms with Gasteiger partial charge in [-0.2, -0.15) is 5.26 Å². The molecule has 1 aromatic carbocycles. The Bertz CT molecular complexity index is 758. The molecule has 0 unspecified atom stereocenters. The molecule has 2 atom stereocenters. The van der Waals surface area contributed by atoms with Crippen molar-refractivity contribution in [2.45, 2.75) is 32.6 Å². The SMILES string of the molecule is CCN1CC[C@@H]2C(C)(C)C(=O)C(C#N)=C[C@@]2(c2ccccc2)C1=O. The number of rotatable bonds is 2. The van der Waals surface area contributed by atoms with Crippen LogP contribution in [0.25, 0.3) is 0 Å². The average Bonchev–Trinajstić information content (AvgIpc) is 2.60. The predicted molar refractivity (Wildman–Crippen MR) is 91.0 cm³/mol. The third kappa shape index (κ3) is 2.04. The van der Waals surface area contributed by atoms with Gasteiger partial charge in [-0.25, -0.2) is 0 Å². The molecule has 0 saturated carbocycles. The summed E-state index contributed by atoms with van der Waals surface area (Å²) >= 11 is 0. The smallest absolute Gasteiger partial charge is 0.237 e. The highest BCUT2D eigenvalue weighted by Crippen LogP contribution is 2.53. The van der Waals surface area contributed by atoms with Crippen LogP contribution in [0.2, 0.25) is 0 Å². The lowest BCUT2D eigenvalue weighted by Gasteiger charge is -2.53. The van der Waals surface area contributed by atoms with Gasteiger partial charge in [0.25, 0.3) is 0 Å². The molecule has 1 amide bonds. The van der Waals surface area contributed by atoms with Crippen LogP contribution in [0.4, 0.5) is 0 Å². The lowest BCUT2D eigenvalue weighted by Crippen LogP contribution is -2.62. The van der Waals surface area contributed by atoms with E-state index in [9.17, 15) is 14.9 Å². The number of amides is 1. The van der Waals surface area contributed by atoms with Crippen molar-refractivity contribution in [1.29, 1.82) is 5.26 Å². The minimum Gasteiger partial charge on any atom is -0.342 e. The van der Waals surface area contributed by atoms with E-state index in [2.05, 4.69) is 0 Å². The maximum atomic E-state index is 13.4. The number of Topliss-reactive ketones (excluding diaryl/α,β-unsaturated/α-hetero) is 1. The molecule has 124 valence electrons. The van der Waals surface area contributed by atoms with E-state index in [1.54, 1.807) is 6.08 Å². The van der Waals surface area contributed by atoms with Crippen LogP contribution in [-0.2, 0) is 15.0 Å². The summed E-state index contributed by atoms with van der Waals surface area (Å²) in [6.07, 6.45) is 2.40. The Labute approximate surface area is 142 Å². The predicted octanol–water partition coefficient (Wildman–Crippen LogP) is 2.85. The lowest BCUT2D eigenvalue weighted by molar-refractivity contribution is -0.148. The van der Waals surface area contributed by atoms with Crippen molar-refractivity contribution in [1.82, 2.24) is 4.90 Å². The first kappa shape index (κ1) is 16.4. The summed E-state index contributed by atoms with van der Waals surface area (Å²) in [5, 5.41) is 9.49. The molecular formula is C20H22N2O2. The van der Waals surface area contributed by atoms with Crippen LogP contribution in [0.1, 0.15) is 32.8 Å². The van der Waals surface area contributed by atoms with E-state index in [1.807, 2.05) is 62.1 Å². The average molecular weight is 322 g/mol. The molecule has 1 aromatic rings. The fraction of sp³-hybridized carbons (Fsp3) is 0.450. The number of nitrogens with zero attached hydrogens (tertiary/aromatic N) is 2. The summed E-state index contributed by atoms with van der Waals surface area (Å²) < 4.78 is 0. The van der Waals surface area contributed by atoms with Crippen LogP contribution in [0.3, 0.4) is 0 Å². The highest BCUT2D eigenvalue weighted by molar-refractivity contribution is 6.08. The standard InChI is InChI=1S/C20H22N2O2/c1-4-22-11-10-16-19(2,3)17(23)14(13-21)12-20(16,18(22)24)15-8-6-5-7-9-15/h5-9,12,16H,4,10-11H2,1-3H3/t16-,20+/m1/s1. The topological polar surface area (TPSA) is 61.2 Å². The Kier molecular flexibility index (Phi) is 3.83. The molecule has 1 aliphatic carbocycles. The quantitative estimate of drug-likeness (QED) is 0.841. The second kappa shape index (κ2) is 5.59. The fourth-order valence-corrected chi connectivity index (χ4v) is 4.42. The summed E-state index contributed by atoms with van der Waals surface area (Å²) in [5.74, 6) is -0.299. The van der Waals surface area contributed by atoms with Crippen LogP contribution in [-0.4, -0.2) is 29.7 Å². The molecule has 1 fully saturated rings. The Balaban J connectivity index is 2.33. The summed E-state index contributed by atoms with van der Waals surface area (Å²) in [4.78, 5) is 28.0. The molecule has 1 heterocycles. The Morgan fingerprint density at radius 2 is 1.92 bits per heavy atom. The number of benzene rings is 1. The molecule has 1 aliphatic heterocycles. The van der Waals surface area contributed by atoms with Crippen LogP contribution < -0.4 is 0 Å². The van der Waals surface area contributed by atoms with Gasteiger partial charge in [0, 0.05) is 18.5 Å². The van der Waals surface area contributed by atoms with E-state index in [1.165, 1.54) is 0 Å². The number of hydrogen-bond donors (Lipinski definition) is 0. The molecular weight excluding hydrogens is 300 g/mol. The number of nitriles is 1. The normalized spacial score (nSPS) is 28.8. The molecule has 0 spiro atoms. The van der Waals surface area contributed by atoms with Gasteiger partial charge in [-0.05, 0) is 30.9 Å². The van der Waals surface area contributed by atoms with Crippen LogP contribution in [0, 0.1) is 22.7 Å². The third-order valence-corrected chi connectivity index (χ3v) is 5.71. The van der Waals surface area contributed by atoms with Crippen molar-refractivity contribution in [3.8, 4) is 6.07 Å². The molecule has 0 N–H and O–H groups in total. The van der Waals surface area contributed by atoms with Crippen molar-refractivity contribution in [3.63, 3.8) is 0 Å². The van der Waals surface area contributed by atoms with Gasteiger partial charge in [0.2, 0.25) is 5.91 Å². The van der Waals surface area contributed by atoms with Gasteiger partial charge in [0.05, 0.1) is 11.0 Å². The number of likely N-dealkylation sites (N-methyl/N-ethyl adjacent to an activating group) is 1. The van der Waals surface area contributed by atoms with Gasteiger partial charge in [-0.15, -0.1) is 0 Å². The van der Waals surface area contributed by atoms with E-state index in [0.717, 1.165) is 12.0 Å². The maximum absolute atomic E-state index is 13.4. The zero-order valence-electron chi connectivity index (χ0n) is 14.4. The first-order valence-electron chi connectivity index (χ1n) is 8.42. The first-order valence-corrected chi connectivity index (χ1v) is 8.42. The van der Waals surface area contributed by atoms with Crippen molar-refractivity contribution < 1.29 is 9.59 Å². The highest BCUT2D eigenvalue weighted by Gasteiger charge is 2.60. The molecule has 0 aromatic heterocycles. The maximum Gasteiger partial charge on any atom is 0.237 e. The van der Waals surface area contributed by atoms with Gasteiger partial charge in [-0.1, -0.05) is 44.2 Å². The number of fused-ring (bicyclic) bond motifs is 1. The van der Waals surface area contributed by atoms with E-state index in [0.29, 0.717) is 13.1 Å². The number of hydrogen-bond acceptors (Lipinski definition) is 3. The summed E-state index contributed by atoms with van der Waals surface area (Å²) in [7, 11) is 0. The minimum atomic E-state index is -0.933. The van der Waals surface area contributed by atoms with Gasteiger partial charge in [0.15, 0.2) is 5.78 Å². The molecule has 4 heteroatoms. The molecule has 0 radical (unpaired) electrons. The van der Waals surface area contributed by atoms with Crippen molar-refractivity contribution in [2.24, 2.45) is 11.3 Å². The Morgan fingerprint density at radius 1 is 1.25 bits per heavy atom. The molecule has 4 nitrogen and oxygen atoms in total. The van der Waals surface area contributed by atoms with Crippen molar-refractivity contribution >= 4 is 11.7 Å².